The largest absolute Gasteiger partial charge is 0.418 e. The van der Waals surface area contributed by atoms with E-state index in [1.807, 2.05) is 5.32 Å². The first-order chi connectivity index (χ1) is 13.0. The van der Waals surface area contributed by atoms with Gasteiger partial charge in [-0.25, -0.2) is 0 Å². The Morgan fingerprint density at radius 2 is 1.64 bits per heavy atom. The van der Waals surface area contributed by atoms with Crippen LogP contribution < -0.4 is 10.6 Å². The van der Waals surface area contributed by atoms with Crippen molar-refractivity contribution in [2.45, 2.75) is 12.4 Å². The number of hydrogen-bond donors (Lipinski definition) is 2. The zero-order valence-electron chi connectivity index (χ0n) is 13.8. The molecule has 0 saturated heterocycles. The number of alkyl halides is 6. The molecule has 0 aliphatic heterocycles. The summed E-state index contributed by atoms with van der Waals surface area (Å²) in [6, 6.07) is 9.61. The molecule has 2 N–H and O–H groups in total. The average Bonchev–Trinajstić information content (AvgIpc) is 2.61. The van der Waals surface area contributed by atoms with Crippen molar-refractivity contribution in [3.63, 3.8) is 0 Å². The van der Waals surface area contributed by atoms with Crippen LogP contribution in [-0.4, -0.2) is 5.91 Å². The molecule has 4 nitrogen and oxygen atoms in total. The molecule has 28 heavy (non-hydrogen) atoms. The second-order valence-corrected chi connectivity index (χ2v) is 5.39. The maximum atomic E-state index is 13.0. The summed E-state index contributed by atoms with van der Waals surface area (Å²) in [7, 11) is 0. The van der Waals surface area contributed by atoms with Gasteiger partial charge < -0.3 is 10.6 Å². The lowest BCUT2D eigenvalue weighted by Crippen LogP contribution is -2.18. The Bertz CT molecular complexity index is 941. The molecule has 0 spiro atoms. The van der Waals surface area contributed by atoms with E-state index < -0.39 is 40.6 Å². The van der Waals surface area contributed by atoms with Crippen molar-refractivity contribution in [2.75, 3.05) is 10.6 Å². The molecule has 0 radical (unpaired) electrons. The molecule has 0 aliphatic rings. The number of benzene rings is 2. The topological polar surface area (TPSA) is 64.9 Å². The maximum Gasteiger partial charge on any atom is 0.418 e. The van der Waals surface area contributed by atoms with Gasteiger partial charge in [0.15, 0.2) is 0 Å². The summed E-state index contributed by atoms with van der Waals surface area (Å²) in [5.41, 5.74) is -3.31. The van der Waals surface area contributed by atoms with Crippen molar-refractivity contribution in [3.8, 4) is 6.07 Å². The first-order valence-corrected chi connectivity index (χ1v) is 7.54. The molecule has 0 atom stereocenters. The van der Waals surface area contributed by atoms with E-state index in [1.165, 1.54) is 18.2 Å². The second-order valence-electron chi connectivity index (χ2n) is 5.39. The molecule has 0 aliphatic carbocycles. The molecule has 0 unspecified atom stereocenters. The fourth-order valence-corrected chi connectivity index (χ4v) is 2.12. The highest BCUT2D eigenvalue weighted by atomic mass is 19.4. The van der Waals surface area contributed by atoms with Crippen LogP contribution in [0.5, 0.6) is 0 Å². The van der Waals surface area contributed by atoms with Gasteiger partial charge in [-0.3, -0.25) is 4.79 Å². The molecule has 146 valence electrons. The lowest BCUT2D eigenvalue weighted by atomic mass is 10.1. The Labute approximate surface area is 155 Å². The smallest absolute Gasteiger partial charge is 0.360 e. The quantitative estimate of drug-likeness (QED) is 0.423. The fourth-order valence-electron chi connectivity index (χ4n) is 2.12. The average molecular weight is 399 g/mol. The molecular weight excluding hydrogens is 388 g/mol. The Kier molecular flexibility index (Phi) is 5.98. The summed E-state index contributed by atoms with van der Waals surface area (Å²) in [4.78, 5) is 12.1. The van der Waals surface area contributed by atoms with Crippen LogP contribution in [0.4, 0.5) is 37.7 Å². The van der Waals surface area contributed by atoms with Crippen molar-refractivity contribution < 1.29 is 31.1 Å². The zero-order valence-corrected chi connectivity index (χ0v) is 13.8. The number of rotatable bonds is 4. The summed E-state index contributed by atoms with van der Waals surface area (Å²) in [5.74, 6) is -1.15. The molecule has 0 aromatic heterocycles. The summed E-state index contributed by atoms with van der Waals surface area (Å²) in [6.07, 6.45) is -8.50. The third-order valence-corrected chi connectivity index (χ3v) is 3.42. The standard InChI is InChI=1S/C18H11F6N3O/c19-17(20,21)12-4-3-5-13(8-12)26-10-11(9-25)16(28)27-15-7-2-1-6-14(15)18(22,23)24/h1-8,10,26H,(H,27,28)/b11-10-. The van der Waals surface area contributed by atoms with Crippen LogP contribution in [-0.2, 0) is 17.1 Å². The lowest BCUT2D eigenvalue weighted by Gasteiger charge is -2.13. The number of amides is 1. The van der Waals surface area contributed by atoms with Crippen LogP contribution in [0.3, 0.4) is 0 Å². The SMILES string of the molecule is N#C/C(=C/Nc1cccc(C(F)(F)F)c1)C(=O)Nc1ccccc1C(F)(F)F. The summed E-state index contributed by atoms with van der Waals surface area (Å²) >= 11 is 0. The molecule has 2 aromatic carbocycles. The van der Waals surface area contributed by atoms with Crippen LogP contribution in [0.1, 0.15) is 11.1 Å². The van der Waals surface area contributed by atoms with Crippen molar-refractivity contribution in [2.24, 2.45) is 0 Å². The maximum absolute atomic E-state index is 13.0. The monoisotopic (exact) mass is 399 g/mol. The zero-order chi connectivity index (χ0) is 20.9. The predicted molar refractivity (Wildman–Crippen MR) is 88.8 cm³/mol. The number of halogens is 6. The van der Waals surface area contributed by atoms with E-state index in [9.17, 15) is 31.1 Å². The Morgan fingerprint density at radius 1 is 0.964 bits per heavy atom. The number of anilines is 2. The number of nitrogens with one attached hydrogen (secondary N) is 2. The Balaban J connectivity index is 2.21. The minimum atomic E-state index is -4.73. The van der Waals surface area contributed by atoms with E-state index in [0.717, 1.165) is 42.6 Å². The summed E-state index contributed by atoms with van der Waals surface area (Å²) in [6.45, 7) is 0. The Morgan fingerprint density at radius 3 is 2.25 bits per heavy atom. The number of hydrogen-bond acceptors (Lipinski definition) is 3. The summed E-state index contributed by atoms with van der Waals surface area (Å²) < 4.78 is 76.9. The number of carbonyl (C=O) groups excluding carboxylic acids is 1. The van der Waals surface area contributed by atoms with Crippen LogP contribution >= 0.6 is 0 Å². The van der Waals surface area contributed by atoms with Gasteiger partial charge in [-0.15, -0.1) is 0 Å². The predicted octanol–water partition coefficient (Wildman–Crippen LogP) is 5.18. The minimum absolute atomic E-state index is 0.0638. The summed E-state index contributed by atoms with van der Waals surface area (Å²) in [5, 5.41) is 13.4. The second kappa shape index (κ2) is 8.04. The molecule has 1 amide bonds. The molecule has 0 saturated carbocycles. The fraction of sp³-hybridized carbons (Fsp3) is 0.111. The number of carbonyl (C=O) groups is 1. The van der Waals surface area contributed by atoms with Gasteiger partial charge in [0.1, 0.15) is 11.6 Å². The van der Waals surface area contributed by atoms with Gasteiger partial charge in [0.05, 0.1) is 16.8 Å². The minimum Gasteiger partial charge on any atom is -0.360 e. The van der Waals surface area contributed by atoms with Gasteiger partial charge in [-0.05, 0) is 30.3 Å². The van der Waals surface area contributed by atoms with Gasteiger partial charge in [-0.2, -0.15) is 31.6 Å². The van der Waals surface area contributed by atoms with Crippen LogP contribution in [0.2, 0.25) is 0 Å². The van der Waals surface area contributed by atoms with E-state index in [0.29, 0.717) is 0 Å². The van der Waals surface area contributed by atoms with Crippen molar-refractivity contribution in [1.29, 1.82) is 5.26 Å². The first kappa shape index (κ1) is 20.8. The van der Waals surface area contributed by atoms with Gasteiger partial charge >= 0.3 is 12.4 Å². The van der Waals surface area contributed by atoms with Gasteiger partial charge in [0, 0.05) is 11.9 Å². The number of para-hydroxylation sites is 1. The highest BCUT2D eigenvalue weighted by molar-refractivity contribution is 6.07. The van der Waals surface area contributed by atoms with Crippen molar-refractivity contribution in [3.05, 3.63) is 71.4 Å². The molecule has 0 heterocycles. The van der Waals surface area contributed by atoms with Gasteiger partial charge in [-0.1, -0.05) is 18.2 Å². The van der Waals surface area contributed by atoms with Crippen LogP contribution in [0.25, 0.3) is 0 Å². The van der Waals surface area contributed by atoms with E-state index in [4.69, 9.17) is 5.26 Å². The van der Waals surface area contributed by atoms with Crippen LogP contribution in [0.15, 0.2) is 60.3 Å². The first-order valence-electron chi connectivity index (χ1n) is 7.54. The molecule has 0 fully saturated rings. The molecular formula is C18H11F6N3O. The van der Waals surface area contributed by atoms with E-state index in [-0.39, 0.29) is 5.69 Å². The van der Waals surface area contributed by atoms with Crippen molar-refractivity contribution >= 4 is 17.3 Å². The van der Waals surface area contributed by atoms with Crippen molar-refractivity contribution in [1.82, 2.24) is 0 Å². The van der Waals surface area contributed by atoms with Gasteiger partial charge in [0.2, 0.25) is 0 Å². The normalized spacial score (nSPS) is 12.2. The molecule has 2 aromatic rings. The van der Waals surface area contributed by atoms with E-state index in [2.05, 4.69) is 5.32 Å². The number of nitriles is 1. The third-order valence-electron chi connectivity index (χ3n) is 3.42. The van der Waals surface area contributed by atoms with E-state index >= 15 is 0 Å². The van der Waals surface area contributed by atoms with Gasteiger partial charge in [0.25, 0.3) is 5.91 Å². The highest BCUT2D eigenvalue weighted by Crippen LogP contribution is 2.34. The molecule has 0 bridgehead atoms. The third kappa shape index (κ3) is 5.26. The molecule has 2 rings (SSSR count). The number of nitrogens with zero attached hydrogens (tertiary/aromatic N) is 1. The molecule has 10 heteroatoms. The van der Waals surface area contributed by atoms with Crippen LogP contribution in [0, 0.1) is 11.3 Å². The van der Waals surface area contributed by atoms with E-state index in [1.54, 1.807) is 0 Å². The lowest BCUT2D eigenvalue weighted by molar-refractivity contribution is -0.138. The highest BCUT2D eigenvalue weighted by Gasteiger charge is 2.34. The Hall–Kier alpha value is -3.48.